The monoisotopic (exact) mass is 520 g/mol. The van der Waals surface area contributed by atoms with E-state index in [4.69, 9.17) is 0 Å². The fraction of sp³-hybridized carbons (Fsp3) is 0.259. The summed E-state index contributed by atoms with van der Waals surface area (Å²) in [6.45, 7) is 7.65. The Balaban J connectivity index is 1.51. The Morgan fingerprint density at radius 3 is 2.25 bits per heavy atom. The third kappa shape index (κ3) is 5.85. The van der Waals surface area contributed by atoms with Gasteiger partial charge in [-0.25, -0.2) is 4.98 Å². The quantitative estimate of drug-likeness (QED) is 0.188. The van der Waals surface area contributed by atoms with Crippen LogP contribution in [0.1, 0.15) is 45.6 Å². The molecule has 0 radical (unpaired) electrons. The first kappa shape index (κ1) is 25.7. The van der Waals surface area contributed by atoms with Crippen molar-refractivity contribution in [3.63, 3.8) is 0 Å². The molecular weight excluding hydrogens is 492 g/mol. The van der Waals surface area contributed by atoms with Gasteiger partial charge in [-0.15, -0.1) is 11.3 Å². The summed E-state index contributed by atoms with van der Waals surface area (Å²) in [6, 6.07) is 15.2. The van der Waals surface area contributed by atoms with E-state index in [9.17, 15) is 14.4 Å². The fourth-order valence-electron chi connectivity index (χ4n) is 3.76. The third-order valence-electron chi connectivity index (χ3n) is 5.70. The molecule has 1 unspecified atom stereocenters. The van der Waals surface area contributed by atoms with Gasteiger partial charge < -0.3 is 15.6 Å². The molecule has 4 aromatic rings. The third-order valence-corrected chi connectivity index (χ3v) is 7.82. The summed E-state index contributed by atoms with van der Waals surface area (Å²) in [5.41, 5.74) is 4.16. The maximum Gasteiger partial charge on any atom is 0.260 e. The molecule has 2 amide bonds. The van der Waals surface area contributed by atoms with Crippen molar-refractivity contribution in [3.8, 4) is 11.1 Å². The lowest BCUT2D eigenvalue weighted by atomic mass is 9.99. The Morgan fingerprint density at radius 2 is 1.67 bits per heavy atom. The van der Waals surface area contributed by atoms with Gasteiger partial charge in [0.2, 0.25) is 11.8 Å². The molecule has 0 saturated heterocycles. The number of hydrogen-bond acceptors (Lipinski definition) is 6. The first-order chi connectivity index (χ1) is 17.2. The van der Waals surface area contributed by atoms with Gasteiger partial charge in [0.25, 0.3) is 5.56 Å². The second kappa shape index (κ2) is 11.1. The van der Waals surface area contributed by atoms with Crippen molar-refractivity contribution < 1.29 is 9.59 Å². The molecule has 0 fully saturated rings. The predicted octanol–water partition coefficient (Wildman–Crippen LogP) is 6.24. The van der Waals surface area contributed by atoms with Gasteiger partial charge in [-0.2, -0.15) is 0 Å². The number of carbonyl (C=O) groups excluding carboxylic acids is 2. The number of benzene rings is 2. The minimum atomic E-state index is -0.441. The molecule has 2 heterocycles. The molecule has 7 nitrogen and oxygen atoms in total. The Hall–Kier alpha value is -3.43. The molecule has 9 heteroatoms. The van der Waals surface area contributed by atoms with Crippen LogP contribution in [0.5, 0.6) is 0 Å². The van der Waals surface area contributed by atoms with E-state index in [2.05, 4.69) is 46.6 Å². The van der Waals surface area contributed by atoms with E-state index in [1.165, 1.54) is 35.6 Å². The number of nitrogens with zero attached hydrogens (tertiary/aromatic N) is 1. The maximum absolute atomic E-state index is 13.0. The number of aromatic amines is 1. The summed E-state index contributed by atoms with van der Waals surface area (Å²) < 4.78 is 0. The number of thioether (sulfide) groups is 1. The SMILES string of the molecule is CCC(Sc1nc2scc(-c3ccc(C(C)C)cc3)c2c(=O)[nH]1)C(=O)Nc1ccc(NC(C)=O)cc1. The summed E-state index contributed by atoms with van der Waals surface area (Å²) >= 11 is 2.66. The molecule has 0 spiro atoms. The highest BCUT2D eigenvalue weighted by Gasteiger charge is 2.21. The topological polar surface area (TPSA) is 104 Å². The van der Waals surface area contributed by atoms with Crippen LogP contribution in [0.3, 0.4) is 0 Å². The van der Waals surface area contributed by atoms with Crippen LogP contribution in [0.4, 0.5) is 11.4 Å². The Morgan fingerprint density at radius 1 is 1.03 bits per heavy atom. The molecule has 0 saturated carbocycles. The Kier molecular flexibility index (Phi) is 7.91. The Bertz CT molecular complexity index is 1440. The number of carbonyl (C=O) groups is 2. The summed E-state index contributed by atoms with van der Waals surface area (Å²) in [7, 11) is 0. The molecule has 4 rings (SSSR count). The van der Waals surface area contributed by atoms with Crippen LogP contribution in [0.25, 0.3) is 21.3 Å². The van der Waals surface area contributed by atoms with Gasteiger partial charge in [0.05, 0.1) is 10.6 Å². The first-order valence-corrected chi connectivity index (χ1v) is 13.5. The van der Waals surface area contributed by atoms with E-state index in [0.717, 1.165) is 11.1 Å². The first-order valence-electron chi connectivity index (χ1n) is 11.7. The van der Waals surface area contributed by atoms with Crippen LogP contribution in [0, 0.1) is 0 Å². The highest BCUT2D eigenvalue weighted by atomic mass is 32.2. The van der Waals surface area contributed by atoms with E-state index in [-0.39, 0.29) is 17.4 Å². The number of amides is 2. The number of aromatic nitrogens is 2. The molecule has 2 aromatic carbocycles. The van der Waals surface area contributed by atoms with Crippen molar-refractivity contribution in [1.82, 2.24) is 9.97 Å². The number of rotatable bonds is 8. The van der Waals surface area contributed by atoms with E-state index in [0.29, 0.717) is 39.1 Å². The zero-order valence-corrected chi connectivity index (χ0v) is 22.2. The zero-order chi connectivity index (χ0) is 25.8. The lowest BCUT2D eigenvalue weighted by Gasteiger charge is -2.14. The van der Waals surface area contributed by atoms with Gasteiger partial charge in [0.1, 0.15) is 4.83 Å². The summed E-state index contributed by atoms with van der Waals surface area (Å²) in [5, 5.41) is 8.09. The lowest BCUT2D eigenvalue weighted by Crippen LogP contribution is -2.25. The summed E-state index contributed by atoms with van der Waals surface area (Å²) in [6.07, 6.45) is 0.556. The average Bonchev–Trinajstić information content (AvgIpc) is 3.28. The average molecular weight is 521 g/mol. The molecule has 1 atom stereocenters. The lowest BCUT2D eigenvalue weighted by molar-refractivity contribution is -0.116. The zero-order valence-electron chi connectivity index (χ0n) is 20.5. The van der Waals surface area contributed by atoms with Crippen LogP contribution in [-0.4, -0.2) is 27.0 Å². The molecule has 36 heavy (non-hydrogen) atoms. The summed E-state index contributed by atoms with van der Waals surface area (Å²) in [5.74, 6) is 0.0963. The van der Waals surface area contributed by atoms with E-state index >= 15 is 0 Å². The van der Waals surface area contributed by atoms with Crippen LogP contribution in [-0.2, 0) is 9.59 Å². The highest BCUT2D eigenvalue weighted by Crippen LogP contribution is 2.33. The molecular formula is C27H28N4O3S2. The molecule has 0 bridgehead atoms. The maximum atomic E-state index is 13.0. The number of anilines is 2. The molecule has 186 valence electrons. The molecule has 3 N–H and O–H groups in total. The van der Waals surface area contributed by atoms with Gasteiger partial charge >= 0.3 is 0 Å². The largest absolute Gasteiger partial charge is 0.326 e. The minimum absolute atomic E-state index is 0.158. The van der Waals surface area contributed by atoms with Crippen molar-refractivity contribution in [2.75, 3.05) is 10.6 Å². The minimum Gasteiger partial charge on any atom is -0.326 e. The van der Waals surface area contributed by atoms with Crippen LogP contribution >= 0.6 is 23.1 Å². The van der Waals surface area contributed by atoms with Gasteiger partial charge in [-0.1, -0.05) is 56.8 Å². The fourth-order valence-corrected chi connectivity index (χ4v) is 5.67. The number of thiophene rings is 1. The van der Waals surface area contributed by atoms with E-state index in [1.54, 1.807) is 24.3 Å². The summed E-state index contributed by atoms with van der Waals surface area (Å²) in [4.78, 5) is 45.3. The van der Waals surface area contributed by atoms with E-state index in [1.807, 2.05) is 24.4 Å². The molecule has 0 aliphatic heterocycles. The van der Waals surface area contributed by atoms with Gasteiger partial charge in [0, 0.05) is 29.2 Å². The van der Waals surface area contributed by atoms with E-state index < -0.39 is 5.25 Å². The predicted molar refractivity (Wildman–Crippen MR) is 149 cm³/mol. The number of hydrogen-bond donors (Lipinski definition) is 3. The standard InChI is InChI=1S/C27H28N4O3S2/c1-5-22(24(33)29-20-12-10-19(11-13-20)28-16(4)32)36-27-30-25(34)23-21(14-35-26(23)31-27)18-8-6-17(7-9-18)15(2)3/h6-15,22H,5H2,1-4H3,(H,28,32)(H,29,33)(H,30,31,34). The van der Waals surface area contributed by atoms with Crippen LogP contribution in [0.2, 0.25) is 0 Å². The molecule has 0 aliphatic carbocycles. The van der Waals surface area contributed by atoms with Crippen molar-refractivity contribution in [1.29, 1.82) is 0 Å². The normalized spacial score (nSPS) is 12.0. The molecule has 2 aromatic heterocycles. The smallest absolute Gasteiger partial charge is 0.260 e. The van der Waals surface area contributed by atoms with Crippen molar-refractivity contribution in [3.05, 3.63) is 69.8 Å². The highest BCUT2D eigenvalue weighted by molar-refractivity contribution is 8.00. The van der Waals surface area contributed by atoms with Crippen molar-refractivity contribution in [2.24, 2.45) is 0 Å². The Labute approximate surface area is 217 Å². The number of H-pyrrole nitrogens is 1. The second-order valence-corrected chi connectivity index (χ2v) is 10.8. The second-order valence-electron chi connectivity index (χ2n) is 8.74. The number of fused-ring (bicyclic) bond motifs is 1. The van der Waals surface area contributed by atoms with Gasteiger partial charge in [0.15, 0.2) is 5.16 Å². The van der Waals surface area contributed by atoms with Crippen molar-refractivity contribution in [2.45, 2.75) is 50.4 Å². The van der Waals surface area contributed by atoms with Crippen molar-refractivity contribution >= 4 is 56.5 Å². The van der Waals surface area contributed by atoms with Crippen LogP contribution in [0.15, 0.2) is 63.9 Å². The van der Waals surface area contributed by atoms with Crippen LogP contribution < -0.4 is 16.2 Å². The number of nitrogens with one attached hydrogen (secondary N) is 3. The van der Waals surface area contributed by atoms with Gasteiger partial charge in [-0.05, 0) is 47.7 Å². The molecule has 0 aliphatic rings. The van der Waals surface area contributed by atoms with Gasteiger partial charge in [-0.3, -0.25) is 14.4 Å².